The zero-order valence-electron chi connectivity index (χ0n) is 30.1. The van der Waals surface area contributed by atoms with Gasteiger partial charge in [0.15, 0.2) is 37.0 Å². The third-order valence-corrected chi connectivity index (χ3v) is 6.83. The van der Waals surface area contributed by atoms with Crippen molar-refractivity contribution in [3.63, 3.8) is 0 Å². The van der Waals surface area contributed by atoms with Gasteiger partial charge in [0.2, 0.25) is 0 Å². The van der Waals surface area contributed by atoms with Crippen molar-refractivity contribution in [2.45, 2.75) is 79.9 Å². The van der Waals surface area contributed by atoms with Gasteiger partial charge in [-0.2, -0.15) is 0 Å². The molecule has 30 heteroatoms. The van der Waals surface area contributed by atoms with Crippen molar-refractivity contribution in [2.24, 2.45) is 17.3 Å². The van der Waals surface area contributed by atoms with Gasteiger partial charge >= 0.3 is 28.3 Å². The van der Waals surface area contributed by atoms with E-state index in [1.165, 1.54) is 30.8 Å². The fourth-order valence-corrected chi connectivity index (χ4v) is 3.75. The third kappa shape index (κ3) is 17.7. The second-order valence-electron chi connectivity index (χ2n) is 11.1. The first-order valence-electron chi connectivity index (χ1n) is 15.8. The van der Waals surface area contributed by atoms with E-state index in [9.17, 15) is 39.5 Å². The van der Waals surface area contributed by atoms with Crippen molar-refractivity contribution >= 4 is 37.6 Å². The largest absolute Gasteiger partial charge is 0.381 e. The van der Waals surface area contributed by atoms with Gasteiger partial charge in [-0.25, -0.2) is 39.5 Å². The van der Waals surface area contributed by atoms with Gasteiger partial charge in [0.05, 0.1) is 54.8 Å². The van der Waals surface area contributed by atoms with E-state index in [2.05, 4.69) is 85.7 Å². The number of halogens is 10. The van der Waals surface area contributed by atoms with E-state index in [1.54, 1.807) is 5.92 Å². The Morgan fingerprint density at radius 1 is 0.724 bits per heavy atom. The smallest absolute Gasteiger partial charge is 0.0522 e. The number of terminal acetylenes is 2. The quantitative estimate of drug-likeness (QED) is 0.0297. The minimum atomic E-state index is -2.74. The summed E-state index contributed by atoms with van der Waals surface area (Å²) in [6.07, 6.45) is -10.1. The van der Waals surface area contributed by atoms with Gasteiger partial charge in [0.25, 0.3) is 0 Å². The molecule has 0 spiro atoms. The number of hydrogen-bond donors (Lipinski definition) is 0. The van der Waals surface area contributed by atoms with Crippen LogP contribution >= 0.6 is 14.1 Å². The second kappa shape index (κ2) is 29.0. The van der Waals surface area contributed by atoms with Crippen molar-refractivity contribution < 1.29 is 58.5 Å². The molecule has 12 atom stereocenters. The van der Waals surface area contributed by atoms with Gasteiger partial charge in [0, 0.05) is 47.8 Å². The van der Waals surface area contributed by atoms with E-state index in [4.69, 9.17) is 45.8 Å². The Bertz CT molecular complexity index is 1750. The van der Waals surface area contributed by atoms with E-state index >= 15 is 0 Å². The molecule has 3 aromatic rings. The summed E-state index contributed by atoms with van der Waals surface area (Å²) < 4.78 is 129. The molecule has 0 saturated heterocycles. The Kier molecular flexibility index (Phi) is 26.8. The summed E-state index contributed by atoms with van der Waals surface area (Å²) in [7, 11) is 17.2. The van der Waals surface area contributed by atoms with Gasteiger partial charge in [-0.1, -0.05) is 28.3 Å². The molecule has 0 fully saturated rings. The molecule has 0 aliphatic rings. The summed E-state index contributed by atoms with van der Waals surface area (Å²) in [5.41, 5.74) is 14.4. The summed E-state index contributed by atoms with van der Waals surface area (Å²) in [6.45, 7) is 2.53. The molecule has 0 aromatic carbocycles. The van der Waals surface area contributed by atoms with Crippen LogP contribution in [0.4, 0.5) is 39.5 Å². The molecule has 0 amide bonds. The molecule has 3 rings (SSSR count). The van der Waals surface area contributed by atoms with Crippen molar-refractivity contribution in [3.8, 4) is 24.7 Å². The molecule has 6 radical (unpaired) electrons. The summed E-state index contributed by atoms with van der Waals surface area (Å²) in [5.74, 6) is -1.15. The first-order chi connectivity index (χ1) is 27.5. The van der Waals surface area contributed by atoms with Crippen molar-refractivity contribution in [1.29, 1.82) is 0 Å². The van der Waals surface area contributed by atoms with Gasteiger partial charge in [-0.15, -0.1) is 43.6 Å². The summed E-state index contributed by atoms with van der Waals surface area (Å²) in [4.78, 5) is 6.48. The summed E-state index contributed by atoms with van der Waals surface area (Å²) >= 11 is 6.50. The summed E-state index contributed by atoms with van der Waals surface area (Å²) in [5, 5.41) is 27.3. The van der Waals surface area contributed by atoms with Gasteiger partial charge in [-0.05, 0) is 27.3 Å². The number of nitrogens with zero attached hydrogens (tertiary/aromatic N) is 15. The molecule has 3 heterocycles. The topological polar surface area (TPSA) is 199 Å². The molecule has 16 nitrogen and oxygen atoms in total. The zero-order chi connectivity index (χ0) is 44.5. The maximum Gasteiger partial charge on any atom is 0.0522 e. The maximum absolute atomic E-state index is 14.6. The zero-order valence-corrected chi connectivity index (χ0v) is 32.6. The van der Waals surface area contributed by atoms with E-state index in [0.717, 1.165) is 12.4 Å². The average molecular weight is 941 g/mol. The van der Waals surface area contributed by atoms with E-state index < -0.39 is 84.4 Å². The molecular formula is C28H31B3BrCuF9N15O. The number of aromatic nitrogens is 9. The van der Waals surface area contributed by atoms with E-state index in [-0.39, 0.29) is 5.69 Å². The van der Waals surface area contributed by atoms with Crippen LogP contribution in [0.3, 0.4) is 0 Å². The van der Waals surface area contributed by atoms with Crippen molar-refractivity contribution in [1.82, 2.24) is 45.2 Å². The Labute approximate surface area is 345 Å². The molecule has 0 aliphatic heterocycles. The van der Waals surface area contributed by atoms with Crippen LogP contribution in [0.5, 0.6) is 0 Å². The fraction of sp³-hybridized carbons (Fsp3) is 0.643. The molecule has 3 aromatic heterocycles. The second-order valence-corrected chi connectivity index (χ2v) is 11.1. The average Bonchev–Trinajstić information content (AvgIpc) is 4.03. The number of ether oxygens (including phenoxy) is 1. The predicted octanol–water partition coefficient (Wildman–Crippen LogP) is 5.26. The monoisotopic (exact) mass is 939 g/mol. The Morgan fingerprint density at radius 2 is 1.17 bits per heavy atom. The summed E-state index contributed by atoms with van der Waals surface area (Å²) in [6, 6.07) is 0. The maximum atomic E-state index is 14.6. The molecule has 12 unspecified atom stereocenters. The van der Waals surface area contributed by atoms with Crippen molar-refractivity contribution in [2.75, 3.05) is 26.3 Å². The van der Waals surface area contributed by atoms with Gasteiger partial charge in [0.1, 0.15) is 29.9 Å². The number of rotatable bonds is 19. The van der Waals surface area contributed by atoms with Crippen LogP contribution in [-0.4, -0.2) is 138 Å². The predicted molar refractivity (Wildman–Crippen MR) is 192 cm³/mol. The standard InChI is InChI=1S/C16H17B2F6N9.C8H6BF3.C4H8N6O.BrH.Cu/c1-6(17)11(19)15(23)12(20)8-4-32(29-26-8)33-5-9(27-30-33)13(21)16(24)14(22)10(18)7-3-31(2)28-25-7;1-3-5(9)7(11)8(12)6(10)4-2;5-9-7-1-3-11-4-2-8-10-6;;/h3-6,10-16H,1-2H3;1-2,5-8H;1-4H2;1H;/q;;;;+1/p-1. The van der Waals surface area contributed by atoms with Crippen LogP contribution in [0.25, 0.3) is 20.9 Å². The van der Waals surface area contributed by atoms with Gasteiger partial charge in [-0.3, -0.25) is 4.68 Å². The SMILES string of the molecule is [B]C(C#C)C(F)C(F)C(F)C#C.[B]C(C)C(F)C(F)C(F)c1cn(-n2cc(C(F)C(F)C(F)C([B])c3cn(C)nn3)nn2)nn1.[Cu][Br].[N-]=[N+]=NCCOCCN=[N+]=[N-]. The molecule has 0 N–H and O–H groups in total. The normalized spacial score (nSPS) is 16.8. The number of alkyl halides is 9. The van der Waals surface area contributed by atoms with Crippen LogP contribution in [0.1, 0.15) is 42.2 Å². The van der Waals surface area contributed by atoms with Crippen molar-refractivity contribution in [3.05, 3.63) is 56.6 Å². The number of aryl methyl sites for hydroxylation is 1. The van der Waals surface area contributed by atoms with Crippen LogP contribution in [-0.2, 0) is 26.0 Å². The number of hydrogen-bond acceptors (Lipinski definition) is 9. The first kappa shape index (κ1) is 53.7. The first-order valence-corrected chi connectivity index (χ1v) is 18.2. The Morgan fingerprint density at radius 3 is 1.55 bits per heavy atom. The Balaban J connectivity index is 0.00000107. The fourth-order valence-electron chi connectivity index (χ4n) is 3.75. The molecule has 0 aliphatic carbocycles. The van der Waals surface area contributed by atoms with E-state index in [0.29, 0.717) is 35.9 Å². The van der Waals surface area contributed by atoms with E-state index in [1.807, 2.05) is 0 Å². The third-order valence-electron chi connectivity index (χ3n) is 6.83. The molecule has 0 saturated carbocycles. The molecule has 314 valence electrons. The molecule has 58 heavy (non-hydrogen) atoms. The minimum Gasteiger partial charge on any atom is -0.381 e. The van der Waals surface area contributed by atoms with Crippen LogP contribution in [0.15, 0.2) is 28.8 Å². The number of azide groups is 2. The molecular weight excluding hydrogens is 909 g/mol. The van der Waals surface area contributed by atoms with Crippen LogP contribution in [0.2, 0.25) is 11.6 Å². The van der Waals surface area contributed by atoms with Gasteiger partial charge < -0.3 is 4.74 Å². The van der Waals surface area contributed by atoms with Crippen LogP contribution in [0, 0.1) is 24.7 Å². The van der Waals surface area contributed by atoms with Crippen LogP contribution < -0.4 is 0 Å². The Hall–Kier alpha value is -4.32. The minimum absolute atomic E-state index is 0.0786. The molecule has 0 bridgehead atoms.